The Labute approximate surface area is 123 Å². The summed E-state index contributed by atoms with van der Waals surface area (Å²) in [6.45, 7) is 1.90. The summed E-state index contributed by atoms with van der Waals surface area (Å²) in [5.41, 5.74) is 0.745. The van der Waals surface area contributed by atoms with Gasteiger partial charge in [-0.25, -0.2) is 0 Å². The maximum atomic E-state index is 12.1. The number of benzene rings is 2. The molecule has 2 rings (SSSR count). The van der Waals surface area contributed by atoms with Crippen molar-refractivity contribution < 1.29 is 9.53 Å². The van der Waals surface area contributed by atoms with E-state index in [-0.39, 0.29) is 11.2 Å². The zero-order valence-corrected chi connectivity index (χ0v) is 12.3. The van der Waals surface area contributed by atoms with Crippen LogP contribution in [0.5, 0.6) is 5.75 Å². The zero-order valence-electron chi connectivity index (χ0n) is 11.5. The predicted octanol–water partition coefficient (Wildman–Crippen LogP) is 3.81. The van der Waals surface area contributed by atoms with Crippen LogP contribution in [0.15, 0.2) is 59.5 Å². The van der Waals surface area contributed by atoms with E-state index in [0.717, 1.165) is 16.3 Å². The maximum absolute atomic E-state index is 12.1. The maximum Gasteiger partial charge on any atom is 0.237 e. The Morgan fingerprint density at radius 2 is 1.90 bits per heavy atom. The Hall–Kier alpha value is -1.94. The van der Waals surface area contributed by atoms with Crippen molar-refractivity contribution in [3.05, 3.63) is 54.6 Å². The highest BCUT2D eigenvalue weighted by atomic mass is 32.2. The predicted molar refractivity (Wildman–Crippen MR) is 83.4 cm³/mol. The lowest BCUT2D eigenvalue weighted by Gasteiger charge is -2.12. The van der Waals surface area contributed by atoms with Crippen molar-refractivity contribution in [2.75, 3.05) is 12.4 Å². The molecule has 0 saturated carbocycles. The van der Waals surface area contributed by atoms with Gasteiger partial charge in [0.1, 0.15) is 5.75 Å². The molecule has 0 aliphatic carbocycles. The van der Waals surface area contributed by atoms with Gasteiger partial charge < -0.3 is 10.1 Å². The van der Waals surface area contributed by atoms with Gasteiger partial charge in [-0.3, -0.25) is 4.79 Å². The Bertz CT molecular complexity index is 572. The van der Waals surface area contributed by atoms with Crippen LogP contribution < -0.4 is 10.1 Å². The molecular weight excluding hydrogens is 270 g/mol. The highest BCUT2D eigenvalue weighted by Gasteiger charge is 2.14. The van der Waals surface area contributed by atoms with Gasteiger partial charge in [-0.1, -0.05) is 24.3 Å². The monoisotopic (exact) mass is 287 g/mol. The molecule has 0 radical (unpaired) electrons. The average molecular weight is 287 g/mol. The highest BCUT2D eigenvalue weighted by molar-refractivity contribution is 8.00. The van der Waals surface area contributed by atoms with Crippen LogP contribution in [0.4, 0.5) is 5.69 Å². The number of rotatable bonds is 5. The summed E-state index contributed by atoms with van der Waals surface area (Å²) in [6, 6.07) is 17.2. The summed E-state index contributed by atoms with van der Waals surface area (Å²) in [6.07, 6.45) is 0. The molecule has 2 aromatic carbocycles. The molecule has 3 nitrogen and oxygen atoms in total. The second-order valence-corrected chi connectivity index (χ2v) is 5.71. The fourth-order valence-corrected chi connectivity index (χ4v) is 2.59. The van der Waals surface area contributed by atoms with Gasteiger partial charge in [0.05, 0.1) is 12.4 Å². The molecule has 1 atom stereocenters. The number of methoxy groups -OCH3 is 1. The van der Waals surface area contributed by atoms with Crippen LogP contribution in [0, 0.1) is 0 Å². The van der Waals surface area contributed by atoms with Crippen LogP contribution in [-0.4, -0.2) is 18.3 Å². The smallest absolute Gasteiger partial charge is 0.237 e. The molecule has 2 aromatic rings. The van der Waals surface area contributed by atoms with Gasteiger partial charge in [-0.2, -0.15) is 0 Å². The van der Waals surface area contributed by atoms with Crippen molar-refractivity contribution in [3.63, 3.8) is 0 Å². The molecular formula is C16H17NO2S. The first-order valence-electron chi connectivity index (χ1n) is 6.35. The number of nitrogens with one attached hydrogen (secondary N) is 1. The summed E-state index contributed by atoms with van der Waals surface area (Å²) in [5, 5.41) is 2.73. The minimum absolute atomic E-state index is 0.0212. The van der Waals surface area contributed by atoms with E-state index in [4.69, 9.17) is 4.74 Å². The topological polar surface area (TPSA) is 38.3 Å². The first-order valence-corrected chi connectivity index (χ1v) is 7.23. The minimum Gasteiger partial charge on any atom is -0.497 e. The Kier molecular flexibility index (Phi) is 5.07. The first kappa shape index (κ1) is 14.5. The third kappa shape index (κ3) is 4.03. The molecule has 0 heterocycles. The number of hydrogen-bond donors (Lipinski definition) is 1. The molecule has 0 aliphatic heterocycles. The van der Waals surface area contributed by atoms with Crippen LogP contribution in [0.25, 0.3) is 0 Å². The van der Waals surface area contributed by atoms with E-state index in [1.54, 1.807) is 13.2 Å². The Morgan fingerprint density at radius 3 is 2.60 bits per heavy atom. The fourth-order valence-electron chi connectivity index (χ4n) is 1.70. The molecule has 4 heteroatoms. The third-order valence-corrected chi connectivity index (χ3v) is 3.87. The van der Waals surface area contributed by atoms with E-state index in [0.29, 0.717) is 0 Å². The van der Waals surface area contributed by atoms with Crippen LogP contribution in [0.2, 0.25) is 0 Å². The van der Waals surface area contributed by atoms with Gasteiger partial charge in [0, 0.05) is 16.6 Å². The summed E-state index contributed by atoms with van der Waals surface area (Å²) in [7, 11) is 1.61. The van der Waals surface area contributed by atoms with Gasteiger partial charge in [0.25, 0.3) is 0 Å². The summed E-state index contributed by atoms with van der Waals surface area (Å²) in [5.74, 6) is 0.707. The molecule has 0 aromatic heterocycles. The molecule has 0 aliphatic rings. The van der Waals surface area contributed by atoms with E-state index in [1.165, 1.54) is 11.8 Å². The van der Waals surface area contributed by atoms with Gasteiger partial charge in [0.2, 0.25) is 5.91 Å². The first-order chi connectivity index (χ1) is 9.69. The van der Waals surface area contributed by atoms with Crippen LogP contribution in [-0.2, 0) is 4.79 Å². The normalized spacial score (nSPS) is 11.7. The van der Waals surface area contributed by atoms with E-state index in [9.17, 15) is 4.79 Å². The number of thioether (sulfide) groups is 1. The number of carbonyl (C=O) groups is 1. The SMILES string of the molecule is COc1cccc(NC(=O)[C@@H](C)Sc2ccccc2)c1. The highest BCUT2D eigenvalue weighted by Crippen LogP contribution is 2.24. The van der Waals surface area contributed by atoms with Crippen molar-refractivity contribution >= 4 is 23.4 Å². The van der Waals surface area contributed by atoms with Crippen molar-refractivity contribution in [2.24, 2.45) is 0 Å². The van der Waals surface area contributed by atoms with Gasteiger partial charge in [-0.15, -0.1) is 11.8 Å². The van der Waals surface area contributed by atoms with Crippen LogP contribution in [0.3, 0.4) is 0 Å². The van der Waals surface area contributed by atoms with E-state index in [2.05, 4.69) is 5.32 Å². The van der Waals surface area contributed by atoms with Crippen molar-refractivity contribution in [2.45, 2.75) is 17.1 Å². The van der Waals surface area contributed by atoms with Gasteiger partial charge in [0.15, 0.2) is 0 Å². The summed E-state index contributed by atoms with van der Waals surface area (Å²) < 4.78 is 5.14. The van der Waals surface area contributed by atoms with Crippen molar-refractivity contribution in [1.29, 1.82) is 0 Å². The lowest BCUT2D eigenvalue weighted by Crippen LogP contribution is -2.22. The van der Waals surface area contributed by atoms with Gasteiger partial charge in [-0.05, 0) is 31.2 Å². The Morgan fingerprint density at radius 1 is 1.15 bits per heavy atom. The Balaban J connectivity index is 1.97. The molecule has 104 valence electrons. The largest absolute Gasteiger partial charge is 0.497 e. The molecule has 1 amide bonds. The van der Waals surface area contributed by atoms with Crippen LogP contribution in [0.1, 0.15) is 6.92 Å². The number of anilines is 1. The molecule has 0 saturated heterocycles. The zero-order chi connectivity index (χ0) is 14.4. The lowest BCUT2D eigenvalue weighted by atomic mass is 10.3. The third-order valence-electron chi connectivity index (χ3n) is 2.76. The second kappa shape index (κ2) is 7.01. The molecule has 0 bridgehead atoms. The molecule has 1 N–H and O–H groups in total. The standard InChI is InChI=1S/C16H17NO2S/c1-12(20-15-9-4-3-5-10-15)16(18)17-13-7-6-8-14(11-13)19-2/h3-12H,1-2H3,(H,17,18)/t12-/m1/s1. The molecule has 0 unspecified atom stereocenters. The summed E-state index contributed by atoms with van der Waals surface area (Å²) in [4.78, 5) is 13.2. The van der Waals surface area contributed by atoms with Crippen molar-refractivity contribution in [3.8, 4) is 5.75 Å². The number of carbonyl (C=O) groups excluding carboxylic acids is 1. The number of ether oxygens (including phenoxy) is 1. The van der Waals surface area contributed by atoms with Crippen molar-refractivity contribution in [1.82, 2.24) is 0 Å². The van der Waals surface area contributed by atoms with E-state index < -0.39 is 0 Å². The lowest BCUT2D eigenvalue weighted by molar-refractivity contribution is -0.115. The van der Waals surface area contributed by atoms with E-state index >= 15 is 0 Å². The fraction of sp³-hybridized carbons (Fsp3) is 0.188. The van der Waals surface area contributed by atoms with Gasteiger partial charge >= 0.3 is 0 Å². The minimum atomic E-state index is -0.163. The average Bonchev–Trinajstić information content (AvgIpc) is 2.48. The number of amides is 1. The summed E-state index contributed by atoms with van der Waals surface area (Å²) >= 11 is 1.54. The van der Waals surface area contributed by atoms with Crippen LogP contribution >= 0.6 is 11.8 Å². The quantitative estimate of drug-likeness (QED) is 0.850. The molecule has 0 fully saturated rings. The molecule has 0 spiro atoms. The molecule has 20 heavy (non-hydrogen) atoms. The van der Waals surface area contributed by atoms with E-state index in [1.807, 2.05) is 55.5 Å². The second-order valence-electron chi connectivity index (χ2n) is 4.29. The number of hydrogen-bond acceptors (Lipinski definition) is 3.